The Morgan fingerprint density at radius 2 is 2.12 bits per heavy atom. The minimum atomic E-state index is -0.429. The second-order valence-electron chi connectivity index (χ2n) is 7.52. The van der Waals surface area contributed by atoms with E-state index in [0.717, 1.165) is 24.1 Å². The Morgan fingerprint density at radius 3 is 2.84 bits per heavy atom. The van der Waals surface area contributed by atoms with E-state index in [4.69, 9.17) is 0 Å². The van der Waals surface area contributed by atoms with Gasteiger partial charge in [0.1, 0.15) is 0 Å². The molecule has 0 spiro atoms. The number of nitrogens with one attached hydrogen (secondary N) is 1. The molecule has 0 amide bonds. The molecule has 1 aromatic carbocycles. The van der Waals surface area contributed by atoms with E-state index in [1.54, 1.807) is 0 Å². The first kappa shape index (κ1) is 17.9. The molecule has 0 aliphatic carbocycles. The SMILES string of the molecule is C.CN1CCC[C@@H]1CC1(C)CNc2ccc(-c3ccnc(F)c3)cc21.[HH]. The Labute approximate surface area is 151 Å². The first-order chi connectivity index (χ1) is 11.5. The van der Waals surface area contributed by atoms with Crippen LogP contribution in [-0.2, 0) is 5.41 Å². The molecule has 0 radical (unpaired) electrons. The number of rotatable bonds is 3. The van der Waals surface area contributed by atoms with Gasteiger partial charge in [0.2, 0.25) is 5.95 Å². The maximum absolute atomic E-state index is 13.5. The molecule has 1 aromatic heterocycles. The van der Waals surface area contributed by atoms with Crippen molar-refractivity contribution in [2.45, 2.75) is 45.1 Å². The van der Waals surface area contributed by atoms with Gasteiger partial charge in [-0.1, -0.05) is 20.4 Å². The molecule has 0 saturated carbocycles. The Hall–Kier alpha value is -1.94. The van der Waals surface area contributed by atoms with E-state index in [1.807, 2.05) is 6.07 Å². The van der Waals surface area contributed by atoms with Crippen molar-refractivity contribution < 1.29 is 5.82 Å². The molecule has 3 heterocycles. The van der Waals surface area contributed by atoms with Crippen LogP contribution < -0.4 is 5.32 Å². The molecule has 1 saturated heterocycles. The molecule has 2 aliphatic heterocycles. The van der Waals surface area contributed by atoms with Gasteiger partial charge in [0.25, 0.3) is 0 Å². The molecule has 2 atom stereocenters. The van der Waals surface area contributed by atoms with Crippen LogP contribution >= 0.6 is 0 Å². The van der Waals surface area contributed by atoms with Crippen molar-refractivity contribution in [3.05, 3.63) is 48.0 Å². The van der Waals surface area contributed by atoms with Crippen molar-refractivity contribution in [2.75, 3.05) is 25.5 Å². The van der Waals surface area contributed by atoms with Crippen molar-refractivity contribution in [3.63, 3.8) is 0 Å². The quantitative estimate of drug-likeness (QED) is 0.800. The van der Waals surface area contributed by atoms with E-state index in [9.17, 15) is 4.39 Å². The van der Waals surface area contributed by atoms with Gasteiger partial charge >= 0.3 is 0 Å². The van der Waals surface area contributed by atoms with Crippen LogP contribution in [-0.4, -0.2) is 36.1 Å². The first-order valence-electron chi connectivity index (χ1n) is 8.76. The predicted molar refractivity (Wildman–Crippen MR) is 105 cm³/mol. The first-order valence-corrected chi connectivity index (χ1v) is 8.76. The summed E-state index contributed by atoms with van der Waals surface area (Å²) in [6.45, 7) is 4.53. The fraction of sp³-hybridized carbons (Fsp3) is 0.476. The van der Waals surface area contributed by atoms with Gasteiger partial charge in [-0.25, -0.2) is 4.98 Å². The molecule has 3 nitrogen and oxygen atoms in total. The summed E-state index contributed by atoms with van der Waals surface area (Å²) in [5.41, 5.74) is 4.65. The third-order valence-electron chi connectivity index (χ3n) is 5.76. The van der Waals surface area contributed by atoms with Crippen LogP contribution in [0.2, 0.25) is 0 Å². The number of halogens is 1. The molecule has 4 heteroatoms. The summed E-state index contributed by atoms with van der Waals surface area (Å²) >= 11 is 0. The van der Waals surface area contributed by atoms with Gasteiger partial charge in [0, 0.05) is 37.4 Å². The van der Waals surface area contributed by atoms with Crippen molar-refractivity contribution >= 4 is 5.69 Å². The van der Waals surface area contributed by atoms with Gasteiger partial charge in [0.15, 0.2) is 0 Å². The largest absolute Gasteiger partial charge is 0.384 e. The van der Waals surface area contributed by atoms with Gasteiger partial charge in [0.05, 0.1) is 0 Å². The molecule has 2 aliphatic rings. The number of nitrogens with zero attached hydrogens (tertiary/aromatic N) is 2. The van der Waals surface area contributed by atoms with Crippen molar-refractivity contribution in [2.24, 2.45) is 0 Å². The summed E-state index contributed by atoms with van der Waals surface area (Å²) < 4.78 is 13.5. The fourth-order valence-corrected chi connectivity index (χ4v) is 4.28. The molecule has 1 fully saturated rings. The van der Waals surface area contributed by atoms with E-state index >= 15 is 0 Å². The van der Waals surface area contributed by atoms with Crippen LogP contribution in [0.15, 0.2) is 36.5 Å². The third-order valence-corrected chi connectivity index (χ3v) is 5.76. The molecule has 25 heavy (non-hydrogen) atoms. The Kier molecular flexibility index (Phi) is 4.83. The van der Waals surface area contributed by atoms with Crippen molar-refractivity contribution in [3.8, 4) is 11.1 Å². The van der Waals surface area contributed by atoms with Crippen molar-refractivity contribution in [1.29, 1.82) is 0 Å². The lowest BCUT2D eigenvalue weighted by atomic mass is 9.77. The summed E-state index contributed by atoms with van der Waals surface area (Å²) in [5.74, 6) is -0.429. The second-order valence-corrected chi connectivity index (χ2v) is 7.52. The zero-order chi connectivity index (χ0) is 16.7. The summed E-state index contributed by atoms with van der Waals surface area (Å²) in [4.78, 5) is 6.15. The smallest absolute Gasteiger partial charge is 0.213 e. The van der Waals surface area contributed by atoms with Gasteiger partial charge in [-0.15, -0.1) is 0 Å². The highest BCUT2D eigenvalue weighted by atomic mass is 19.1. The Morgan fingerprint density at radius 1 is 1.32 bits per heavy atom. The van der Waals surface area contributed by atoms with Gasteiger partial charge in [-0.3, -0.25) is 0 Å². The zero-order valence-corrected chi connectivity index (χ0v) is 14.3. The third kappa shape index (κ3) is 3.28. The Balaban J connectivity index is 0.00000121. The average molecular weight is 343 g/mol. The standard InChI is InChI=1S/C20H24FN3.CH4.H2/c1-20(12-16-4-3-9-24(16)2)13-23-18-6-5-14(10-17(18)20)15-7-8-22-19(21)11-15;;/h5-8,10-11,16,23H,3-4,9,12-13H2,1-2H3;1H4;1H/t16-,20?;;/m1../s1. The van der Waals surface area contributed by atoms with Gasteiger partial charge in [-0.2, -0.15) is 4.39 Å². The number of aromatic nitrogens is 1. The molecule has 2 aromatic rings. The number of likely N-dealkylation sites (tertiary alicyclic amines) is 1. The van der Waals surface area contributed by atoms with E-state index in [1.165, 1.54) is 42.9 Å². The molecular formula is C21H30FN3. The topological polar surface area (TPSA) is 28.2 Å². The number of fused-ring (bicyclic) bond motifs is 1. The lowest BCUT2D eigenvalue weighted by Crippen LogP contribution is -2.35. The minimum Gasteiger partial charge on any atom is -0.384 e. The van der Waals surface area contributed by atoms with E-state index < -0.39 is 5.95 Å². The number of benzene rings is 1. The summed E-state index contributed by atoms with van der Waals surface area (Å²) in [5, 5.41) is 3.56. The van der Waals surface area contributed by atoms with Crippen LogP contribution in [0.4, 0.5) is 10.1 Å². The number of hydrogen-bond donors (Lipinski definition) is 1. The molecular weight excluding hydrogens is 313 g/mol. The number of anilines is 1. The lowest BCUT2D eigenvalue weighted by molar-refractivity contribution is 0.254. The lowest BCUT2D eigenvalue weighted by Gasteiger charge is -2.31. The van der Waals surface area contributed by atoms with Crippen LogP contribution in [0.25, 0.3) is 11.1 Å². The molecule has 1 N–H and O–H groups in total. The summed E-state index contributed by atoms with van der Waals surface area (Å²) in [6, 6.07) is 10.5. The number of hydrogen-bond acceptors (Lipinski definition) is 3. The zero-order valence-electron chi connectivity index (χ0n) is 14.3. The van der Waals surface area contributed by atoms with E-state index in [0.29, 0.717) is 6.04 Å². The molecule has 136 valence electrons. The minimum absolute atomic E-state index is 0. The Bertz CT molecular complexity index is 767. The summed E-state index contributed by atoms with van der Waals surface area (Å²) in [7, 11) is 2.24. The summed E-state index contributed by atoms with van der Waals surface area (Å²) in [6.07, 6.45) is 5.28. The molecule has 0 bridgehead atoms. The second kappa shape index (κ2) is 6.75. The number of pyridine rings is 1. The highest BCUT2D eigenvalue weighted by Crippen LogP contribution is 2.43. The fourth-order valence-electron chi connectivity index (χ4n) is 4.28. The van der Waals surface area contributed by atoms with Crippen LogP contribution in [0.3, 0.4) is 0 Å². The van der Waals surface area contributed by atoms with Crippen LogP contribution in [0.1, 0.15) is 40.6 Å². The van der Waals surface area contributed by atoms with Crippen LogP contribution in [0, 0.1) is 5.95 Å². The van der Waals surface area contributed by atoms with Crippen LogP contribution in [0.5, 0.6) is 0 Å². The van der Waals surface area contributed by atoms with Gasteiger partial charge in [-0.05, 0) is 67.7 Å². The average Bonchev–Trinajstić information content (AvgIpc) is 3.12. The molecule has 1 unspecified atom stereocenters. The normalized spacial score (nSPS) is 25.3. The molecule has 4 rings (SSSR count). The predicted octanol–water partition coefficient (Wildman–Crippen LogP) is 4.94. The monoisotopic (exact) mass is 343 g/mol. The van der Waals surface area contributed by atoms with E-state index in [-0.39, 0.29) is 14.3 Å². The van der Waals surface area contributed by atoms with E-state index in [2.05, 4.69) is 47.4 Å². The maximum Gasteiger partial charge on any atom is 0.213 e. The van der Waals surface area contributed by atoms with Gasteiger partial charge < -0.3 is 10.2 Å². The highest BCUT2D eigenvalue weighted by molar-refractivity contribution is 5.71. The maximum atomic E-state index is 13.5. The van der Waals surface area contributed by atoms with Crippen molar-refractivity contribution in [1.82, 2.24) is 9.88 Å². The highest BCUT2D eigenvalue weighted by Gasteiger charge is 2.38.